The van der Waals surface area contributed by atoms with Gasteiger partial charge < -0.3 is 5.73 Å². The van der Waals surface area contributed by atoms with Crippen LogP contribution in [0, 0.1) is 0 Å². The third kappa shape index (κ3) is 2.45. The zero-order chi connectivity index (χ0) is 2.99. The van der Waals surface area contributed by atoms with Gasteiger partial charge in [0.2, 0.25) is 0 Å². The molecule has 0 heterocycles. The Bertz CT molecular complexity index is 26.1. The zero-order valence-electron chi connectivity index (χ0n) is 2.89. The molecule has 1 saturated carbocycles. The first kappa shape index (κ1) is 5.65. The van der Waals surface area contributed by atoms with Crippen molar-refractivity contribution in [2.45, 2.75) is 18.9 Å². The van der Waals surface area contributed by atoms with Crippen molar-refractivity contribution in [2.24, 2.45) is 5.73 Å². The first-order valence-corrected chi connectivity index (χ1v) is 1.65. The second kappa shape index (κ2) is 1.94. The van der Waals surface area contributed by atoms with Crippen molar-refractivity contribution in [1.29, 1.82) is 0 Å². The van der Waals surface area contributed by atoms with Gasteiger partial charge in [0.05, 0.1) is 0 Å². The Balaban J connectivity index is 0.000000160. The van der Waals surface area contributed by atoms with Crippen LogP contribution in [-0.4, -0.2) is 6.04 Å². The molecule has 0 aromatic heterocycles. The van der Waals surface area contributed by atoms with Crippen molar-refractivity contribution >= 4 is 0 Å². The first-order valence-electron chi connectivity index (χ1n) is 1.65. The molecule has 32 valence electrons. The van der Waals surface area contributed by atoms with Gasteiger partial charge in [-0.25, -0.2) is 0 Å². The molecule has 0 bridgehead atoms. The Labute approximate surface area is 46.2 Å². The van der Waals surface area contributed by atoms with Crippen molar-refractivity contribution in [3.63, 3.8) is 0 Å². The first-order chi connectivity index (χ1) is 1.89. The minimum atomic E-state index is 0. The van der Waals surface area contributed by atoms with Crippen LogP contribution in [0.4, 0.5) is 0 Å². The maximum Gasteiger partial charge on any atom is 2.00 e. The van der Waals surface area contributed by atoms with Crippen LogP contribution in [-0.2, 0) is 21.1 Å². The van der Waals surface area contributed by atoms with Gasteiger partial charge in [-0.15, -0.1) is 0 Å². The molecule has 1 nitrogen and oxygen atoms in total. The largest absolute Gasteiger partial charge is 2.00 e. The van der Waals surface area contributed by atoms with Crippen LogP contribution in [0.15, 0.2) is 0 Å². The standard InChI is InChI=1S/C3H7N.Pt/c4-3-1-2-3;/h3H,1-2,4H2;/q;+2. The fraction of sp³-hybridized carbons (Fsp3) is 1.00. The Morgan fingerprint density at radius 1 is 1.40 bits per heavy atom. The minimum absolute atomic E-state index is 0. The molecule has 0 aromatic rings. The number of hydrogen-bond donors (Lipinski definition) is 1. The maximum absolute atomic E-state index is 5.22. The average molecular weight is 252 g/mol. The molecule has 0 saturated heterocycles. The quantitative estimate of drug-likeness (QED) is 0.650. The fourth-order valence-electron chi connectivity index (χ4n) is 0.0962. The number of nitrogens with two attached hydrogens (primary N) is 1. The van der Waals surface area contributed by atoms with Crippen molar-refractivity contribution in [1.82, 2.24) is 0 Å². The van der Waals surface area contributed by atoms with Crippen molar-refractivity contribution in [2.75, 3.05) is 0 Å². The second-order valence-electron chi connectivity index (χ2n) is 1.34. The molecule has 0 aliphatic heterocycles. The molecular weight excluding hydrogens is 245 g/mol. The van der Waals surface area contributed by atoms with Gasteiger partial charge in [-0.1, -0.05) is 0 Å². The van der Waals surface area contributed by atoms with E-state index in [0.717, 1.165) is 0 Å². The van der Waals surface area contributed by atoms with Gasteiger partial charge in [0, 0.05) is 6.04 Å². The smallest absolute Gasteiger partial charge is 0.328 e. The minimum Gasteiger partial charge on any atom is -0.328 e. The molecule has 0 amide bonds. The van der Waals surface area contributed by atoms with Gasteiger partial charge in [0.1, 0.15) is 0 Å². The Morgan fingerprint density at radius 2 is 1.60 bits per heavy atom. The van der Waals surface area contributed by atoms with E-state index in [9.17, 15) is 0 Å². The molecule has 5 heavy (non-hydrogen) atoms. The molecule has 0 spiro atoms. The maximum atomic E-state index is 5.22. The van der Waals surface area contributed by atoms with Gasteiger partial charge in [-0.3, -0.25) is 0 Å². The predicted molar refractivity (Wildman–Crippen MR) is 17.2 cm³/mol. The van der Waals surface area contributed by atoms with Gasteiger partial charge in [-0.05, 0) is 12.8 Å². The summed E-state index contributed by atoms with van der Waals surface area (Å²) in [4.78, 5) is 0. The monoisotopic (exact) mass is 252 g/mol. The molecule has 0 radical (unpaired) electrons. The molecule has 0 atom stereocenters. The molecule has 2 heteroatoms. The van der Waals surface area contributed by atoms with Crippen LogP contribution in [0.1, 0.15) is 12.8 Å². The molecule has 0 aromatic carbocycles. The summed E-state index contributed by atoms with van der Waals surface area (Å²) in [7, 11) is 0. The van der Waals surface area contributed by atoms with Gasteiger partial charge in [-0.2, -0.15) is 0 Å². The topological polar surface area (TPSA) is 26.0 Å². The van der Waals surface area contributed by atoms with Crippen LogP contribution < -0.4 is 5.73 Å². The van der Waals surface area contributed by atoms with Crippen LogP contribution in [0.3, 0.4) is 0 Å². The summed E-state index contributed by atoms with van der Waals surface area (Å²) in [6, 6.07) is 0.583. The third-order valence-corrected chi connectivity index (χ3v) is 0.622. The van der Waals surface area contributed by atoms with E-state index < -0.39 is 0 Å². The zero-order valence-corrected chi connectivity index (χ0v) is 5.16. The van der Waals surface area contributed by atoms with Crippen LogP contribution in [0.5, 0.6) is 0 Å². The third-order valence-electron chi connectivity index (χ3n) is 0.622. The van der Waals surface area contributed by atoms with E-state index in [1.807, 2.05) is 0 Å². The van der Waals surface area contributed by atoms with Gasteiger partial charge in [0.15, 0.2) is 0 Å². The molecule has 1 aliphatic rings. The fourth-order valence-corrected chi connectivity index (χ4v) is 0.0962. The van der Waals surface area contributed by atoms with E-state index in [1.54, 1.807) is 0 Å². The van der Waals surface area contributed by atoms with E-state index in [0.29, 0.717) is 6.04 Å². The normalized spacial score (nSPS) is 21.0. The van der Waals surface area contributed by atoms with E-state index in [4.69, 9.17) is 5.73 Å². The molecule has 1 fully saturated rings. The SMILES string of the molecule is NC1CC1.[Pt+2]. The number of rotatable bonds is 0. The summed E-state index contributed by atoms with van der Waals surface area (Å²) >= 11 is 0. The van der Waals surface area contributed by atoms with E-state index in [2.05, 4.69) is 0 Å². The summed E-state index contributed by atoms with van der Waals surface area (Å²) in [5, 5.41) is 0. The van der Waals surface area contributed by atoms with E-state index in [-0.39, 0.29) is 21.1 Å². The summed E-state index contributed by atoms with van der Waals surface area (Å²) in [6.07, 6.45) is 2.53. The molecule has 2 N–H and O–H groups in total. The summed E-state index contributed by atoms with van der Waals surface area (Å²) in [6.45, 7) is 0. The number of hydrogen-bond acceptors (Lipinski definition) is 1. The van der Waals surface area contributed by atoms with Gasteiger partial charge in [0.25, 0.3) is 0 Å². The van der Waals surface area contributed by atoms with Crippen LogP contribution in [0.25, 0.3) is 0 Å². The summed E-state index contributed by atoms with van der Waals surface area (Å²) < 4.78 is 0. The predicted octanol–water partition coefficient (Wildman–Crippen LogP) is 0.105. The van der Waals surface area contributed by atoms with Crippen molar-refractivity contribution in [3.05, 3.63) is 0 Å². The molecule has 1 aliphatic carbocycles. The van der Waals surface area contributed by atoms with Crippen molar-refractivity contribution < 1.29 is 21.1 Å². The Hall–Kier alpha value is 0.648. The van der Waals surface area contributed by atoms with E-state index >= 15 is 0 Å². The summed E-state index contributed by atoms with van der Waals surface area (Å²) in [5.41, 5.74) is 5.22. The molecule has 0 unspecified atom stereocenters. The summed E-state index contributed by atoms with van der Waals surface area (Å²) in [5.74, 6) is 0. The average Bonchev–Trinajstić information content (AvgIpc) is 1.75. The molecule has 1 rings (SSSR count). The Morgan fingerprint density at radius 3 is 1.60 bits per heavy atom. The second-order valence-corrected chi connectivity index (χ2v) is 1.34. The van der Waals surface area contributed by atoms with Crippen molar-refractivity contribution in [3.8, 4) is 0 Å². The Kier molecular flexibility index (Phi) is 2.19. The van der Waals surface area contributed by atoms with Gasteiger partial charge >= 0.3 is 21.1 Å². The van der Waals surface area contributed by atoms with E-state index in [1.165, 1.54) is 12.8 Å². The van der Waals surface area contributed by atoms with Crippen LogP contribution in [0.2, 0.25) is 0 Å². The molecular formula is C3H7NPt+2. The van der Waals surface area contributed by atoms with Crippen LogP contribution >= 0.6 is 0 Å².